The Morgan fingerprint density at radius 2 is 1.82 bits per heavy atom. The van der Waals surface area contributed by atoms with Crippen LogP contribution in [0.1, 0.15) is 52.5 Å². The standard InChI is InChI=1S/C19H28BNS/c1-6-7-8-17-21-15-11-14(9-10-16(15)22-17)20-12-18(2,3)19(4,5)13-20/h9-11H,6-8,12-13H2,1-5H3. The summed E-state index contributed by atoms with van der Waals surface area (Å²) in [6.07, 6.45) is 6.20. The zero-order valence-corrected chi connectivity index (χ0v) is 15.5. The Labute approximate surface area is 139 Å². The molecular formula is C19H28BNS. The predicted octanol–water partition coefficient (Wildman–Crippen LogP) is 5.41. The molecule has 2 heterocycles. The van der Waals surface area contributed by atoms with Crippen molar-refractivity contribution in [3.63, 3.8) is 0 Å². The van der Waals surface area contributed by atoms with Gasteiger partial charge in [-0.25, -0.2) is 4.98 Å². The second-order valence-corrected chi connectivity index (χ2v) is 9.43. The minimum atomic E-state index is 0.418. The van der Waals surface area contributed by atoms with Crippen molar-refractivity contribution in [3.8, 4) is 0 Å². The average molecular weight is 313 g/mol. The van der Waals surface area contributed by atoms with Crippen LogP contribution in [-0.4, -0.2) is 11.7 Å². The van der Waals surface area contributed by atoms with E-state index in [4.69, 9.17) is 4.98 Å². The highest BCUT2D eigenvalue weighted by molar-refractivity contribution is 7.18. The second-order valence-electron chi connectivity index (χ2n) is 8.31. The number of benzene rings is 1. The fourth-order valence-electron chi connectivity index (χ4n) is 3.77. The van der Waals surface area contributed by atoms with E-state index in [0.717, 1.165) is 6.42 Å². The van der Waals surface area contributed by atoms with Crippen LogP contribution in [0.5, 0.6) is 0 Å². The minimum absolute atomic E-state index is 0.418. The van der Waals surface area contributed by atoms with E-state index in [2.05, 4.69) is 52.8 Å². The van der Waals surface area contributed by atoms with Gasteiger partial charge >= 0.3 is 0 Å². The van der Waals surface area contributed by atoms with Gasteiger partial charge in [0.15, 0.2) is 6.71 Å². The number of fused-ring (bicyclic) bond motifs is 1. The van der Waals surface area contributed by atoms with Crippen molar-refractivity contribution in [1.29, 1.82) is 0 Å². The van der Waals surface area contributed by atoms with E-state index in [1.165, 1.54) is 46.2 Å². The van der Waals surface area contributed by atoms with Gasteiger partial charge in [-0.3, -0.25) is 0 Å². The topological polar surface area (TPSA) is 12.9 Å². The molecule has 0 spiro atoms. The smallest absolute Gasteiger partial charge is 0.177 e. The summed E-state index contributed by atoms with van der Waals surface area (Å²) in [7, 11) is 0. The summed E-state index contributed by atoms with van der Waals surface area (Å²) < 4.78 is 1.35. The fraction of sp³-hybridized carbons (Fsp3) is 0.632. The van der Waals surface area contributed by atoms with Crippen LogP contribution in [-0.2, 0) is 6.42 Å². The van der Waals surface area contributed by atoms with E-state index in [0.29, 0.717) is 17.5 Å². The molecule has 0 aliphatic carbocycles. The van der Waals surface area contributed by atoms with Gasteiger partial charge in [-0.05, 0) is 35.8 Å². The van der Waals surface area contributed by atoms with E-state index >= 15 is 0 Å². The molecule has 1 saturated heterocycles. The molecule has 0 unspecified atom stereocenters. The molecule has 3 heteroatoms. The van der Waals surface area contributed by atoms with Gasteiger partial charge in [0.2, 0.25) is 0 Å². The van der Waals surface area contributed by atoms with Crippen molar-refractivity contribution in [1.82, 2.24) is 4.98 Å². The summed E-state index contributed by atoms with van der Waals surface area (Å²) in [5.41, 5.74) is 3.55. The third-order valence-electron chi connectivity index (χ3n) is 6.02. The van der Waals surface area contributed by atoms with Gasteiger partial charge in [0.05, 0.1) is 15.2 Å². The number of unbranched alkanes of at least 4 members (excludes halogenated alkanes) is 1. The second kappa shape index (κ2) is 5.67. The normalized spacial score (nSPS) is 20.0. The first-order valence-corrected chi connectivity index (χ1v) is 9.53. The monoisotopic (exact) mass is 313 g/mol. The molecule has 0 saturated carbocycles. The summed E-state index contributed by atoms with van der Waals surface area (Å²) in [6.45, 7) is 12.6. The van der Waals surface area contributed by atoms with Crippen LogP contribution < -0.4 is 5.46 Å². The van der Waals surface area contributed by atoms with Gasteiger partial charge < -0.3 is 0 Å². The van der Waals surface area contributed by atoms with Crippen LogP contribution in [0.15, 0.2) is 18.2 Å². The van der Waals surface area contributed by atoms with Crippen molar-refractivity contribution in [2.24, 2.45) is 10.8 Å². The summed E-state index contributed by atoms with van der Waals surface area (Å²) in [4.78, 5) is 4.87. The van der Waals surface area contributed by atoms with Crippen molar-refractivity contribution < 1.29 is 0 Å². The lowest BCUT2D eigenvalue weighted by molar-refractivity contribution is 0.177. The Morgan fingerprint density at radius 1 is 1.14 bits per heavy atom. The molecular weight excluding hydrogens is 285 g/mol. The Morgan fingerprint density at radius 3 is 2.45 bits per heavy atom. The first-order chi connectivity index (χ1) is 10.3. The molecule has 1 aliphatic heterocycles. The highest BCUT2D eigenvalue weighted by Crippen LogP contribution is 2.52. The van der Waals surface area contributed by atoms with Gasteiger partial charge in [-0.2, -0.15) is 0 Å². The highest BCUT2D eigenvalue weighted by Gasteiger charge is 2.48. The van der Waals surface area contributed by atoms with E-state index in [9.17, 15) is 0 Å². The van der Waals surface area contributed by atoms with Gasteiger partial charge in [0.1, 0.15) is 0 Å². The molecule has 0 N–H and O–H groups in total. The van der Waals surface area contributed by atoms with Crippen LogP contribution in [0.25, 0.3) is 10.2 Å². The van der Waals surface area contributed by atoms with E-state index in [-0.39, 0.29) is 0 Å². The maximum absolute atomic E-state index is 4.87. The van der Waals surface area contributed by atoms with Gasteiger partial charge in [0.25, 0.3) is 0 Å². The zero-order valence-electron chi connectivity index (χ0n) is 14.7. The molecule has 0 amide bonds. The molecule has 1 aromatic heterocycles. The number of hydrogen-bond donors (Lipinski definition) is 0. The van der Waals surface area contributed by atoms with Crippen molar-refractivity contribution >= 4 is 33.7 Å². The van der Waals surface area contributed by atoms with Crippen molar-refractivity contribution in [2.75, 3.05) is 0 Å². The zero-order chi connectivity index (χ0) is 16.0. The summed E-state index contributed by atoms with van der Waals surface area (Å²) >= 11 is 1.88. The van der Waals surface area contributed by atoms with Crippen LogP contribution in [0.3, 0.4) is 0 Å². The quantitative estimate of drug-likeness (QED) is 0.688. The van der Waals surface area contributed by atoms with Crippen LogP contribution in [0.2, 0.25) is 12.6 Å². The Bertz CT molecular complexity index is 655. The maximum Gasteiger partial charge on any atom is 0.177 e. The summed E-state index contributed by atoms with van der Waals surface area (Å²) in [6, 6.07) is 7.02. The number of rotatable bonds is 4. The number of aryl methyl sites for hydroxylation is 1. The first kappa shape index (κ1) is 16.0. The summed E-state index contributed by atoms with van der Waals surface area (Å²) in [5, 5.41) is 1.31. The molecule has 0 bridgehead atoms. The van der Waals surface area contributed by atoms with Gasteiger partial charge in [-0.1, -0.05) is 65.2 Å². The number of hydrogen-bond acceptors (Lipinski definition) is 2. The van der Waals surface area contributed by atoms with Crippen molar-refractivity contribution in [2.45, 2.75) is 66.5 Å². The van der Waals surface area contributed by atoms with Crippen LogP contribution in [0, 0.1) is 10.8 Å². The van der Waals surface area contributed by atoms with Crippen molar-refractivity contribution in [3.05, 3.63) is 23.2 Å². The number of aromatic nitrogens is 1. The molecule has 1 aliphatic rings. The predicted molar refractivity (Wildman–Crippen MR) is 101 cm³/mol. The van der Waals surface area contributed by atoms with Crippen LogP contribution in [0.4, 0.5) is 0 Å². The van der Waals surface area contributed by atoms with E-state index in [1.54, 1.807) is 0 Å². The summed E-state index contributed by atoms with van der Waals surface area (Å²) in [5.74, 6) is 0. The molecule has 1 aromatic carbocycles. The SMILES string of the molecule is CCCCc1nc2cc(B3CC(C)(C)C(C)(C)C3)ccc2s1. The molecule has 0 atom stereocenters. The van der Waals surface area contributed by atoms with Crippen LogP contribution >= 0.6 is 11.3 Å². The average Bonchev–Trinajstić information content (AvgIpc) is 2.93. The van der Waals surface area contributed by atoms with Gasteiger partial charge in [0, 0.05) is 0 Å². The first-order valence-electron chi connectivity index (χ1n) is 8.72. The van der Waals surface area contributed by atoms with E-state index in [1.807, 2.05) is 11.3 Å². The molecule has 1 nitrogen and oxygen atoms in total. The molecule has 3 rings (SSSR count). The lowest BCUT2D eigenvalue weighted by atomic mass is 9.42. The lowest BCUT2D eigenvalue weighted by Gasteiger charge is -2.35. The Kier molecular flexibility index (Phi) is 4.13. The van der Waals surface area contributed by atoms with E-state index < -0.39 is 0 Å². The molecule has 118 valence electrons. The fourth-order valence-corrected chi connectivity index (χ4v) is 4.76. The molecule has 2 aromatic rings. The van der Waals surface area contributed by atoms with Gasteiger partial charge in [-0.15, -0.1) is 11.3 Å². The maximum atomic E-state index is 4.87. The molecule has 1 fully saturated rings. The molecule has 0 radical (unpaired) electrons. The minimum Gasteiger partial charge on any atom is -0.241 e. The lowest BCUT2D eigenvalue weighted by Crippen LogP contribution is -2.27. The third kappa shape index (κ3) is 2.85. The Hall–Kier alpha value is -0.825. The largest absolute Gasteiger partial charge is 0.241 e. The Balaban J connectivity index is 1.86. The molecule has 22 heavy (non-hydrogen) atoms. The number of thiazole rings is 1. The number of nitrogens with zero attached hydrogens (tertiary/aromatic N) is 1. The third-order valence-corrected chi connectivity index (χ3v) is 7.11. The highest BCUT2D eigenvalue weighted by atomic mass is 32.1.